The molecule has 0 radical (unpaired) electrons. The monoisotopic (exact) mass is 340 g/mol. The number of aromatic nitrogens is 1. The quantitative estimate of drug-likeness (QED) is 0.746. The Balaban J connectivity index is 1.99. The van der Waals surface area contributed by atoms with E-state index in [0.717, 1.165) is 17.2 Å². The second-order valence-corrected chi connectivity index (χ2v) is 4.70. The summed E-state index contributed by atoms with van der Waals surface area (Å²) < 4.78 is 41.1. The molecule has 0 bridgehead atoms. The predicted octanol–water partition coefficient (Wildman–Crippen LogP) is 1.78. The minimum atomic E-state index is -1.13. The number of esters is 1. The molecule has 1 amide bonds. The third-order valence-corrected chi connectivity index (χ3v) is 2.98. The normalized spacial score (nSPS) is 10.3. The maximum Gasteiger partial charge on any atom is 0.325 e. The Morgan fingerprint density at radius 1 is 1.33 bits per heavy atom. The highest BCUT2D eigenvalue weighted by Crippen LogP contribution is 2.20. The molecule has 0 atom stereocenters. The molecule has 0 unspecified atom stereocenters. The van der Waals surface area contributed by atoms with Crippen molar-refractivity contribution in [3.63, 3.8) is 0 Å². The van der Waals surface area contributed by atoms with Gasteiger partial charge >= 0.3 is 5.97 Å². The summed E-state index contributed by atoms with van der Waals surface area (Å²) in [6, 6.07) is 3.50. The molecule has 0 saturated carbocycles. The molecule has 1 aromatic heterocycles. The molecule has 2 aromatic rings. The van der Waals surface area contributed by atoms with Crippen LogP contribution in [0.5, 0.6) is 5.75 Å². The van der Waals surface area contributed by atoms with Gasteiger partial charge in [-0.15, -0.1) is 0 Å². The Hall–Kier alpha value is -2.97. The molecule has 1 aromatic carbocycles. The molecular formula is C15H14F2N2O5. The van der Waals surface area contributed by atoms with Crippen LogP contribution < -0.4 is 4.74 Å². The average Bonchev–Trinajstić information content (AvgIpc) is 3.04. The number of methoxy groups -OCH3 is 1. The first-order chi connectivity index (χ1) is 11.4. The predicted molar refractivity (Wildman–Crippen MR) is 76.2 cm³/mol. The van der Waals surface area contributed by atoms with E-state index in [1.807, 2.05) is 0 Å². The first-order valence-electron chi connectivity index (χ1n) is 6.76. The molecule has 0 aliphatic carbocycles. The van der Waals surface area contributed by atoms with Crippen molar-refractivity contribution in [2.24, 2.45) is 0 Å². The molecule has 0 fully saturated rings. The molecule has 2 rings (SSSR count). The fourth-order valence-electron chi connectivity index (χ4n) is 1.74. The van der Waals surface area contributed by atoms with Crippen LogP contribution in [0.2, 0.25) is 0 Å². The van der Waals surface area contributed by atoms with E-state index in [0.29, 0.717) is 0 Å². The number of benzene rings is 1. The van der Waals surface area contributed by atoms with Gasteiger partial charge in [-0.3, -0.25) is 9.59 Å². The number of oxazole rings is 1. The molecule has 0 N–H and O–H groups in total. The first kappa shape index (κ1) is 17.4. The van der Waals surface area contributed by atoms with E-state index in [-0.39, 0.29) is 30.5 Å². The number of carbonyl (C=O) groups is 2. The van der Waals surface area contributed by atoms with Gasteiger partial charge in [-0.05, 0) is 12.1 Å². The summed E-state index contributed by atoms with van der Waals surface area (Å²) >= 11 is 0. The fourth-order valence-corrected chi connectivity index (χ4v) is 1.74. The molecule has 24 heavy (non-hydrogen) atoms. The standard InChI is InChI=1S/C15H14F2N2O5/c1-19(6-13(20)22-2)15(21)10-7-24-12(18-10)8-23-11-5-3-4-9(16)14(11)17/h3-5,7H,6,8H2,1-2H3. The topological polar surface area (TPSA) is 81.9 Å². The smallest absolute Gasteiger partial charge is 0.325 e. The Bertz CT molecular complexity index is 747. The number of rotatable bonds is 6. The summed E-state index contributed by atoms with van der Waals surface area (Å²) in [5.41, 5.74) is -0.0558. The van der Waals surface area contributed by atoms with Gasteiger partial charge in [0.2, 0.25) is 11.7 Å². The van der Waals surface area contributed by atoms with Crippen LogP contribution in [-0.2, 0) is 16.1 Å². The van der Waals surface area contributed by atoms with Crippen LogP contribution in [0.4, 0.5) is 8.78 Å². The highest BCUT2D eigenvalue weighted by atomic mass is 19.2. The van der Waals surface area contributed by atoms with Gasteiger partial charge in [-0.2, -0.15) is 4.39 Å². The Morgan fingerprint density at radius 2 is 2.08 bits per heavy atom. The molecule has 7 nitrogen and oxygen atoms in total. The number of ether oxygens (including phenoxy) is 2. The molecule has 0 saturated heterocycles. The third kappa shape index (κ3) is 4.06. The van der Waals surface area contributed by atoms with E-state index in [1.165, 1.54) is 26.3 Å². The molecular weight excluding hydrogens is 326 g/mol. The minimum Gasteiger partial charge on any atom is -0.481 e. The lowest BCUT2D eigenvalue weighted by atomic mass is 10.3. The summed E-state index contributed by atoms with van der Waals surface area (Å²) in [5, 5.41) is 0. The summed E-state index contributed by atoms with van der Waals surface area (Å²) in [6.07, 6.45) is 1.08. The van der Waals surface area contributed by atoms with Gasteiger partial charge in [0, 0.05) is 7.05 Å². The van der Waals surface area contributed by atoms with Crippen molar-refractivity contribution >= 4 is 11.9 Å². The van der Waals surface area contributed by atoms with Gasteiger partial charge in [0.25, 0.3) is 5.91 Å². The number of nitrogens with zero attached hydrogens (tertiary/aromatic N) is 2. The summed E-state index contributed by atoms with van der Waals surface area (Å²) in [6.45, 7) is -0.545. The van der Waals surface area contributed by atoms with Crippen LogP contribution in [0, 0.1) is 11.6 Å². The van der Waals surface area contributed by atoms with Gasteiger partial charge in [-0.25, -0.2) is 9.37 Å². The molecule has 9 heteroatoms. The Labute approximate surface area is 135 Å². The lowest BCUT2D eigenvalue weighted by Gasteiger charge is -2.13. The molecule has 1 heterocycles. The van der Waals surface area contributed by atoms with Crippen molar-refractivity contribution in [3.8, 4) is 5.75 Å². The fraction of sp³-hybridized carbons (Fsp3) is 0.267. The van der Waals surface area contributed by atoms with Gasteiger partial charge in [0.15, 0.2) is 23.9 Å². The lowest BCUT2D eigenvalue weighted by molar-refractivity contribution is -0.141. The van der Waals surface area contributed by atoms with E-state index in [9.17, 15) is 18.4 Å². The number of hydrogen-bond donors (Lipinski definition) is 0. The highest BCUT2D eigenvalue weighted by molar-refractivity contribution is 5.93. The molecule has 0 aliphatic heterocycles. The average molecular weight is 340 g/mol. The number of likely N-dealkylation sites (N-methyl/N-ethyl adjacent to an activating group) is 1. The molecule has 0 aliphatic rings. The number of halogens is 2. The van der Waals surface area contributed by atoms with Crippen LogP contribution >= 0.6 is 0 Å². The Kier molecular flexibility index (Phi) is 5.46. The van der Waals surface area contributed by atoms with Gasteiger partial charge in [0.05, 0.1) is 7.11 Å². The van der Waals surface area contributed by atoms with Crippen LogP contribution in [0.25, 0.3) is 0 Å². The van der Waals surface area contributed by atoms with Crippen molar-refractivity contribution in [1.82, 2.24) is 9.88 Å². The lowest BCUT2D eigenvalue weighted by Crippen LogP contribution is -2.32. The number of hydrogen-bond acceptors (Lipinski definition) is 6. The molecule has 0 spiro atoms. The first-order valence-corrected chi connectivity index (χ1v) is 6.76. The van der Waals surface area contributed by atoms with Crippen LogP contribution in [0.15, 0.2) is 28.9 Å². The van der Waals surface area contributed by atoms with Gasteiger partial charge in [-0.1, -0.05) is 6.07 Å². The highest BCUT2D eigenvalue weighted by Gasteiger charge is 2.19. The maximum atomic E-state index is 13.4. The van der Waals surface area contributed by atoms with Crippen LogP contribution in [0.3, 0.4) is 0 Å². The van der Waals surface area contributed by atoms with Crippen LogP contribution in [-0.4, -0.2) is 42.5 Å². The zero-order valence-corrected chi connectivity index (χ0v) is 12.9. The van der Waals surface area contributed by atoms with Crippen molar-refractivity contribution in [2.45, 2.75) is 6.61 Å². The van der Waals surface area contributed by atoms with Crippen LogP contribution in [0.1, 0.15) is 16.4 Å². The maximum absolute atomic E-state index is 13.4. The third-order valence-electron chi connectivity index (χ3n) is 2.98. The van der Waals surface area contributed by atoms with E-state index < -0.39 is 23.5 Å². The second-order valence-electron chi connectivity index (χ2n) is 4.70. The van der Waals surface area contributed by atoms with Crippen molar-refractivity contribution in [2.75, 3.05) is 20.7 Å². The summed E-state index contributed by atoms with van der Waals surface area (Å²) in [4.78, 5) is 28.1. The summed E-state index contributed by atoms with van der Waals surface area (Å²) in [5.74, 6) is -3.62. The zero-order chi connectivity index (χ0) is 17.7. The number of carbonyl (C=O) groups excluding carboxylic acids is 2. The Morgan fingerprint density at radius 3 is 2.79 bits per heavy atom. The van der Waals surface area contributed by atoms with E-state index in [2.05, 4.69) is 9.72 Å². The van der Waals surface area contributed by atoms with Crippen molar-refractivity contribution < 1.29 is 32.3 Å². The summed E-state index contributed by atoms with van der Waals surface area (Å²) in [7, 11) is 2.60. The number of amides is 1. The van der Waals surface area contributed by atoms with E-state index >= 15 is 0 Å². The van der Waals surface area contributed by atoms with E-state index in [4.69, 9.17) is 9.15 Å². The zero-order valence-electron chi connectivity index (χ0n) is 12.9. The van der Waals surface area contributed by atoms with Crippen molar-refractivity contribution in [1.29, 1.82) is 0 Å². The van der Waals surface area contributed by atoms with Gasteiger partial charge in [0.1, 0.15) is 12.8 Å². The minimum absolute atomic E-state index is 0.00604. The van der Waals surface area contributed by atoms with Crippen molar-refractivity contribution in [3.05, 3.63) is 47.7 Å². The largest absolute Gasteiger partial charge is 0.481 e. The SMILES string of the molecule is COC(=O)CN(C)C(=O)c1coc(COc2cccc(F)c2F)n1. The molecule has 128 valence electrons. The van der Waals surface area contributed by atoms with E-state index in [1.54, 1.807) is 0 Å². The second kappa shape index (κ2) is 7.53. The van der Waals surface area contributed by atoms with Gasteiger partial charge < -0.3 is 18.8 Å².